The molecule has 1 saturated heterocycles. The Kier molecular flexibility index (Phi) is 4.88. The van der Waals surface area contributed by atoms with Crippen LogP contribution in [0.4, 0.5) is 0 Å². The van der Waals surface area contributed by atoms with Crippen LogP contribution in [0.2, 0.25) is 0 Å². The summed E-state index contributed by atoms with van der Waals surface area (Å²) in [5, 5.41) is 0. The minimum Gasteiger partial charge on any atom is -0.466 e. The molecule has 0 aromatic rings. The average molecular weight is 255 g/mol. The number of hydrogen-bond donors (Lipinski definition) is 0. The van der Waals surface area contributed by atoms with E-state index in [4.69, 9.17) is 4.74 Å². The van der Waals surface area contributed by atoms with E-state index in [0.29, 0.717) is 6.42 Å². The first kappa shape index (κ1) is 14.2. The molecule has 1 fully saturated rings. The zero-order valence-corrected chi connectivity index (χ0v) is 10.7. The third-order valence-electron chi connectivity index (χ3n) is 3.00. The fourth-order valence-electron chi connectivity index (χ4n) is 1.82. The van der Waals surface area contributed by atoms with Crippen molar-refractivity contribution in [3.8, 4) is 0 Å². The summed E-state index contributed by atoms with van der Waals surface area (Å²) in [4.78, 5) is 35.0. The van der Waals surface area contributed by atoms with Crippen LogP contribution in [0.5, 0.6) is 0 Å². The molecule has 100 valence electrons. The Hall–Kier alpha value is -1.85. The zero-order valence-electron chi connectivity index (χ0n) is 10.7. The molecular weight excluding hydrogens is 238 g/mol. The third kappa shape index (κ3) is 3.58. The number of amides is 1. The molecule has 0 aromatic carbocycles. The third-order valence-corrected chi connectivity index (χ3v) is 3.00. The van der Waals surface area contributed by atoms with Gasteiger partial charge in [0.1, 0.15) is 6.61 Å². The Labute approximate surface area is 106 Å². The maximum Gasteiger partial charge on any atom is 0.331 e. The molecule has 18 heavy (non-hydrogen) atoms. The lowest BCUT2D eigenvalue weighted by Gasteiger charge is -2.22. The van der Waals surface area contributed by atoms with E-state index in [1.807, 2.05) is 6.92 Å². The molecule has 0 bridgehead atoms. The SMILES string of the molecule is COC(=O)/C=C/C(=O)OCC1C(C)CC(=O)N1C. The van der Waals surface area contributed by atoms with Crippen molar-refractivity contribution >= 4 is 17.8 Å². The van der Waals surface area contributed by atoms with Gasteiger partial charge in [0.25, 0.3) is 0 Å². The Morgan fingerprint density at radius 2 is 2.00 bits per heavy atom. The van der Waals surface area contributed by atoms with Crippen molar-refractivity contribution in [3.05, 3.63) is 12.2 Å². The fraction of sp³-hybridized carbons (Fsp3) is 0.583. The van der Waals surface area contributed by atoms with Crippen molar-refractivity contribution < 1.29 is 23.9 Å². The molecule has 0 aliphatic carbocycles. The van der Waals surface area contributed by atoms with Gasteiger partial charge in [0.05, 0.1) is 13.2 Å². The molecule has 1 amide bonds. The summed E-state index contributed by atoms with van der Waals surface area (Å²) >= 11 is 0. The van der Waals surface area contributed by atoms with Gasteiger partial charge in [-0.1, -0.05) is 6.92 Å². The number of carbonyl (C=O) groups excluding carboxylic acids is 3. The van der Waals surface area contributed by atoms with E-state index in [0.717, 1.165) is 12.2 Å². The van der Waals surface area contributed by atoms with Gasteiger partial charge in [-0.25, -0.2) is 9.59 Å². The van der Waals surface area contributed by atoms with Crippen molar-refractivity contribution in [2.45, 2.75) is 19.4 Å². The van der Waals surface area contributed by atoms with Gasteiger partial charge < -0.3 is 14.4 Å². The number of methoxy groups -OCH3 is 1. The molecule has 0 spiro atoms. The second-order valence-corrected chi connectivity index (χ2v) is 4.24. The molecular formula is C12H17NO5. The van der Waals surface area contributed by atoms with Crippen LogP contribution in [0.1, 0.15) is 13.3 Å². The molecule has 1 aliphatic rings. The highest BCUT2D eigenvalue weighted by Gasteiger charge is 2.35. The molecule has 0 N–H and O–H groups in total. The van der Waals surface area contributed by atoms with E-state index in [-0.39, 0.29) is 24.5 Å². The topological polar surface area (TPSA) is 72.9 Å². The molecule has 6 nitrogen and oxygen atoms in total. The molecule has 1 rings (SSSR count). The zero-order chi connectivity index (χ0) is 13.7. The Morgan fingerprint density at radius 1 is 1.39 bits per heavy atom. The van der Waals surface area contributed by atoms with Crippen LogP contribution in [0.3, 0.4) is 0 Å². The van der Waals surface area contributed by atoms with Crippen molar-refractivity contribution in [2.24, 2.45) is 5.92 Å². The molecule has 2 unspecified atom stereocenters. The Bertz CT molecular complexity index is 377. The second-order valence-electron chi connectivity index (χ2n) is 4.24. The number of ether oxygens (including phenoxy) is 2. The normalized spacial score (nSPS) is 23.5. The van der Waals surface area contributed by atoms with E-state index in [2.05, 4.69) is 4.74 Å². The molecule has 0 saturated carbocycles. The van der Waals surface area contributed by atoms with Gasteiger partial charge in [0.2, 0.25) is 5.91 Å². The largest absolute Gasteiger partial charge is 0.466 e. The second kappa shape index (κ2) is 6.18. The Morgan fingerprint density at radius 3 is 2.50 bits per heavy atom. The van der Waals surface area contributed by atoms with Crippen LogP contribution in [0.25, 0.3) is 0 Å². The predicted octanol–water partition coefficient (Wildman–Crippen LogP) is 0.126. The number of likely N-dealkylation sites (N-methyl/N-ethyl adjacent to an activating group) is 1. The van der Waals surface area contributed by atoms with Gasteiger partial charge in [-0.15, -0.1) is 0 Å². The standard InChI is InChI=1S/C12H17NO5/c1-8-6-10(14)13(2)9(8)7-18-12(16)5-4-11(15)17-3/h4-5,8-9H,6-7H2,1-3H3/b5-4+. The van der Waals surface area contributed by atoms with Crippen molar-refractivity contribution in [2.75, 3.05) is 20.8 Å². The summed E-state index contributed by atoms with van der Waals surface area (Å²) in [6.07, 6.45) is 2.47. The number of carbonyl (C=O) groups is 3. The smallest absolute Gasteiger partial charge is 0.331 e. The highest BCUT2D eigenvalue weighted by atomic mass is 16.5. The molecule has 6 heteroatoms. The molecule has 2 atom stereocenters. The van der Waals surface area contributed by atoms with Crippen molar-refractivity contribution in [3.63, 3.8) is 0 Å². The lowest BCUT2D eigenvalue weighted by atomic mass is 10.0. The first-order chi connectivity index (χ1) is 8.45. The molecule has 0 radical (unpaired) electrons. The van der Waals surface area contributed by atoms with Crippen LogP contribution < -0.4 is 0 Å². The van der Waals surface area contributed by atoms with Gasteiger partial charge >= 0.3 is 11.9 Å². The fourth-order valence-corrected chi connectivity index (χ4v) is 1.82. The summed E-state index contributed by atoms with van der Waals surface area (Å²) in [5.74, 6) is -1.04. The predicted molar refractivity (Wildman–Crippen MR) is 62.5 cm³/mol. The lowest BCUT2D eigenvalue weighted by Crippen LogP contribution is -2.35. The maximum absolute atomic E-state index is 11.4. The average Bonchev–Trinajstić information content (AvgIpc) is 2.58. The quantitative estimate of drug-likeness (QED) is 0.527. The van der Waals surface area contributed by atoms with Crippen LogP contribution in [-0.4, -0.2) is 49.6 Å². The minimum absolute atomic E-state index is 0.0497. The van der Waals surface area contributed by atoms with Crippen LogP contribution in [0, 0.1) is 5.92 Å². The number of esters is 2. The van der Waals surface area contributed by atoms with Gasteiger partial charge in [-0.2, -0.15) is 0 Å². The maximum atomic E-state index is 11.4. The Balaban J connectivity index is 2.41. The van der Waals surface area contributed by atoms with Crippen LogP contribution in [0.15, 0.2) is 12.2 Å². The summed E-state index contributed by atoms with van der Waals surface area (Å²) in [7, 11) is 2.91. The van der Waals surface area contributed by atoms with E-state index in [9.17, 15) is 14.4 Å². The highest BCUT2D eigenvalue weighted by molar-refractivity contribution is 5.91. The molecule has 1 heterocycles. The molecule has 0 aromatic heterocycles. The van der Waals surface area contributed by atoms with Gasteiger partial charge in [0.15, 0.2) is 0 Å². The number of hydrogen-bond acceptors (Lipinski definition) is 5. The number of likely N-dealkylation sites (tertiary alicyclic amines) is 1. The van der Waals surface area contributed by atoms with Gasteiger partial charge in [-0.05, 0) is 5.92 Å². The summed E-state index contributed by atoms with van der Waals surface area (Å²) in [5.41, 5.74) is 0. The van der Waals surface area contributed by atoms with Crippen molar-refractivity contribution in [1.82, 2.24) is 4.90 Å². The van der Waals surface area contributed by atoms with Crippen LogP contribution >= 0.6 is 0 Å². The number of nitrogens with zero attached hydrogens (tertiary/aromatic N) is 1. The first-order valence-electron chi connectivity index (χ1n) is 5.64. The van der Waals surface area contributed by atoms with E-state index in [1.165, 1.54) is 7.11 Å². The van der Waals surface area contributed by atoms with Gasteiger partial charge in [-0.3, -0.25) is 4.79 Å². The van der Waals surface area contributed by atoms with E-state index in [1.54, 1.807) is 11.9 Å². The monoisotopic (exact) mass is 255 g/mol. The molecule has 1 aliphatic heterocycles. The summed E-state index contributed by atoms with van der Waals surface area (Å²) < 4.78 is 9.32. The lowest BCUT2D eigenvalue weighted by molar-refractivity contribution is -0.141. The van der Waals surface area contributed by atoms with E-state index < -0.39 is 11.9 Å². The van der Waals surface area contributed by atoms with Gasteiger partial charge in [0, 0.05) is 25.6 Å². The first-order valence-corrected chi connectivity index (χ1v) is 5.64. The van der Waals surface area contributed by atoms with E-state index >= 15 is 0 Å². The van der Waals surface area contributed by atoms with Crippen molar-refractivity contribution in [1.29, 1.82) is 0 Å². The van der Waals surface area contributed by atoms with Crippen LogP contribution in [-0.2, 0) is 23.9 Å². The summed E-state index contributed by atoms with van der Waals surface area (Å²) in [6, 6.07) is -0.104. The minimum atomic E-state index is -0.625. The highest BCUT2D eigenvalue weighted by Crippen LogP contribution is 2.23. The number of rotatable bonds is 4. The summed E-state index contributed by atoms with van der Waals surface area (Å²) in [6.45, 7) is 2.07.